The summed E-state index contributed by atoms with van der Waals surface area (Å²) in [6.07, 6.45) is 0. The van der Waals surface area contributed by atoms with E-state index in [2.05, 4.69) is 119 Å². The third kappa shape index (κ3) is 4.83. The summed E-state index contributed by atoms with van der Waals surface area (Å²) in [6, 6.07) is 54.1. The van der Waals surface area contributed by atoms with Gasteiger partial charge < -0.3 is 0 Å². The molecule has 0 spiro atoms. The maximum atomic E-state index is 7.24. The summed E-state index contributed by atoms with van der Waals surface area (Å²) in [4.78, 5) is 13.8. The molecule has 4 heteroatoms. The Balaban J connectivity index is 1.33. The summed E-state index contributed by atoms with van der Waals surface area (Å²) in [5.74, 6) is 1.49. The minimum Gasteiger partial charge on any atom is -0.294 e. The van der Waals surface area contributed by atoms with Crippen molar-refractivity contribution in [2.24, 2.45) is 0 Å². The van der Waals surface area contributed by atoms with Crippen LogP contribution in [0.25, 0.3) is 77.4 Å². The lowest BCUT2D eigenvalue weighted by Crippen LogP contribution is -2.02. The Morgan fingerprint density at radius 2 is 1.00 bits per heavy atom. The van der Waals surface area contributed by atoms with Crippen LogP contribution in [0.15, 0.2) is 158 Å². The van der Waals surface area contributed by atoms with Gasteiger partial charge in [0.05, 0.1) is 23.3 Å². The van der Waals surface area contributed by atoms with E-state index >= 15 is 0 Å². The van der Waals surface area contributed by atoms with E-state index in [-0.39, 0.29) is 0 Å². The summed E-state index contributed by atoms with van der Waals surface area (Å²) in [7, 11) is 0. The molecule has 0 saturated carbocycles. The molecule has 0 unspecified atom stereocenters. The number of rotatable bonds is 5. The normalized spacial score (nSPS) is 11.1. The highest BCUT2D eigenvalue weighted by Gasteiger charge is 2.17. The first-order valence-corrected chi connectivity index (χ1v) is 14.9. The van der Waals surface area contributed by atoms with Gasteiger partial charge in [0.2, 0.25) is 0 Å². The minimum atomic E-state index is 0.637. The highest BCUT2D eigenvalue weighted by Crippen LogP contribution is 2.36. The number of fused-ring (bicyclic) bond motifs is 3. The molecule has 8 aromatic rings. The predicted octanol–water partition coefficient (Wildman–Crippen LogP) is 10.8. The van der Waals surface area contributed by atoms with Crippen molar-refractivity contribution in [2.45, 2.75) is 0 Å². The first-order chi connectivity index (χ1) is 22.2. The van der Waals surface area contributed by atoms with Crippen molar-refractivity contribution in [3.63, 3.8) is 0 Å². The Hall–Kier alpha value is -6.31. The van der Waals surface area contributed by atoms with Crippen LogP contribution in [0.1, 0.15) is 0 Å². The van der Waals surface area contributed by atoms with Crippen molar-refractivity contribution in [2.75, 3.05) is 0 Å². The Morgan fingerprint density at radius 1 is 0.444 bits per heavy atom. The zero-order chi connectivity index (χ0) is 30.2. The van der Waals surface area contributed by atoms with Gasteiger partial charge in [-0.15, -0.1) is 0 Å². The number of nitrogens with zero attached hydrogens (tertiary/aromatic N) is 4. The molecule has 6 aromatic carbocycles. The van der Waals surface area contributed by atoms with Crippen LogP contribution in [0.4, 0.5) is 5.69 Å². The minimum absolute atomic E-state index is 0.637. The van der Waals surface area contributed by atoms with E-state index in [1.54, 1.807) is 0 Å². The highest BCUT2D eigenvalue weighted by atomic mass is 15.1. The Bertz CT molecular complexity index is 2350. The van der Waals surface area contributed by atoms with Gasteiger partial charge in [-0.3, -0.25) is 4.57 Å². The molecule has 0 aliphatic heterocycles. The topological polar surface area (TPSA) is 35.1 Å². The van der Waals surface area contributed by atoms with Gasteiger partial charge in [-0.1, -0.05) is 140 Å². The number of benzene rings is 6. The van der Waals surface area contributed by atoms with Crippen molar-refractivity contribution in [1.82, 2.24) is 14.5 Å². The van der Waals surface area contributed by atoms with Gasteiger partial charge in [-0.25, -0.2) is 14.8 Å². The number of para-hydroxylation sites is 1. The second kappa shape index (κ2) is 11.1. The monoisotopic (exact) mass is 574 g/mol. The molecule has 2 aromatic heterocycles. The van der Waals surface area contributed by atoms with E-state index in [0.717, 1.165) is 50.4 Å². The fourth-order valence-electron chi connectivity index (χ4n) is 6.00. The maximum Gasteiger partial charge on any atom is 0.187 e. The zero-order valence-corrected chi connectivity index (χ0v) is 24.3. The van der Waals surface area contributed by atoms with E-state index in [9.17, 15) is 0 Å². The molecule has 0 atom stereocenters. The van der Waals surface area contributed by atoms with Gasteiger partial charge in [0.1, 0.15) is 5.82 Å². The zero-order valence-electron chi connectivity index (χ0n) is 24.3. The van der Waals surface area contributed by atoms with Crippen LogP contribution in [0, 0.1) is 6.57 Å². The number of hydrogen-bond acceptors (Lipinski definition) is 2. The molecular formula is C41H26N4. The molecule has 0 N–H and O–H groups in total. The van der Waals surface area contributed by atoms with Crippen LogP contribution in [0.2, 0.25) is 0 Å². The lowest BCUT2D eigenvalue weighted by molar-refractivity contribution is 1.05. The van der Waals surface area contributed by atoms with E-state index in [4.69, 9.17) is 16.5 Å². The molecule has 8 rings (SSSR count). The van der Waals surface area contributed by atoms with Crippen LogP contribution >= 0.6 is 0 Å². The molecule has 0 radical (unpaired) electrons. The van der Waals surface area contributed by atoms with Gasteiger partial charge in [0, 0.05) is 28.0 Å². The number of aromatic nitrogens is 3. The molecule has 0 saturated heterocycles. The second-order valence-corrected chi connectivity index (χ2v) is 11.0. The fourth-order valence-corrected chi connectivity index (χ4v) is 6.00. The summed E-state index contributed by atoms with van der Waals surface area (Å²) in [6.45, 7) is 7.24. The standard InChI is InChI=1S/C41H26N4/c1-42-34-23-20-30(21-24-34)29-16-18-31(19-17-29)37-27-40(44-41(43-37)32-12-6-3-7-13-32)45-38-15-9-8-14-35(38)36-25-22-33(26-39(36)45)28-10-4-2-5-11-28/h2-27H. The third-order valence-electron chi connectivity index (χ3n) is 8.26. The third-order valence-corrected chi connectivity index (χ3v) is 8.26. The molecule has 210 valence electrons. The van der Waals surface area contributed by atoms with Crippen molar-refractivity contribution in [3.05, 3.63) is 169 Å². The van der Waals surface area contributed by atoms with E-state index in [1.807, 2.05) is 48.5 Å². The Morgan fingerprint density at radius 3 is 1.71 bits per heavy atom. The lowest BCUT2D eigenvalue weighted by atomic mass is 10.0. The number of hydrogen-bond donors (Lipinski definition) is 0. The van der Waals surface area contributed by atoms with Crippen molar-refractivity contribution >= 4 is 27.5 Å². The SMILES string of the molecule is [C-]#[N+]c1ccc(-c2ccc(-c3cc(-n4c5ccccc5c5ccc(-c6ccccc6)cc54)nc(-c4ccccc4)n3)cc2)cc1. The molecule has 4 nitrogen and oxygen atoms in total. The fraction of sp³-hybridized carbons (Fsp3) is 0. The van der Waals surface area contributed by atoms with Gasteiger partial charge in [-0.2, -0.15) is 0 Å². The van der Waals surface area contributed by atoms with Gasteiger partial charge in [0.15, 0.2) is 11.5 Å². The van der Waals surface area contributed by atoms with Crippen LogP contribution < -0.4 is 0 Å². The second-order valence-electron chi connectivity index (χ2n) is 11.0. The molecule has 2 heterocycles. The molecule has 0 bridgehead atoms. The Labute approximate surface area is 261 Å². The molecule has 45 heavy (non-hydrogen) atoms. The molecule has 0 fully saturated rings. The first kappa shape index (κ1) is 26.3. The average Bonchev–Trinajstić information content (AvgIpc) is 3.46. The Kier molecular flexibility index (Phi) is 6.48. The highest BCUT2D eigenvalue weighted by molar-refractivity contribution is 6.10. The average molecular weight is 575 g/mol. The summed E-state index contributed by atoms with van der Waals surface area (Å²) in [5, 5.41) is 2.36. The maximum absolute atomic E-state index is 7.24. The van der Waals surface area contributed by atoms with E-state index in [1.165, 1.54) is 16.3 Å². The van der Waals surface area contributed by atoms with Gasteiger partial charge in [-0.05, 0) is 34.4 Å². The summed E-state index contributed by atoms with van der Waals surface area (Å²) >= 11 is 0. The van der Waals surface area contributed by atoms with Crippen molar-refractivity contribution in [1.29, 1.82) is 0 Å². The molecule has 0 aliphatic rings. The smallest absolute Gasteiger partial charge is 0.187 e. The van der Waals surface area contributed by atoms with Crippen LogP contribution in [0.3, 0.4) is 0 Å². The molecule has 0 amide bonds. The largest absolute Gasteiger partial charge is 0.294 e. The van der Waals surface area contributed by atoms with Gasteiger partial charge >= 0.3 is 0 Å². The molecule has 0 aliphatic carbocycles. The summed E-state index contributed by atoms with van der Waals surface area (Å²) in [5.41, 5.74) is 10.1. The molecular weight excluding hydrogens is 548 g/mol. The van der Waals surface area contributed by atoms with Crippen molar-refractivity contribution < 1.29 is 0 Å². The van der Waals surface area contributed by atoms with Crippen molar-refractivity contribution in [3.8, 4) is 50.7 Å². The van der Waals surface area contributed by atoms with Crippen LogP contribution in [-0.2, 0) is 0 Å². The quantitative estimate of drug-likeness (QED) is 0.192. The first-order valence-electron chi connectivity index (χ1n) is 14.9. The van der Waals surface area contributed by atoms with Crippen LogP contribution in [-0.4, -0.2) is 14.5 Å². The van der Waals surface area contributed by atoms with E-state index < -0.39 is 0 Å². The van der Waals surface area contributed by atoms with Gasteiger partial charge in [0.25, 0.3) is 0 Å². The summed E-state index contributed by atoms with van der Waals surface area (Å²) < 4.78 is 2.27. The predicted molar refractivity (Wildman–Crippen MR) is 184 cm³/mol. The lowest BCUT2D eigenvalue weighted by Gasteiger charge is -2.13. The van der Waals surface area contributed by atoms with E-state index in [0.29, 0.717) is 11.5 Å². The van der Waals surface area contributed by atoms with Crippen LogP contribution in [0.5, 0.6) is 0 Å².